The molecular weight excluding hydrogens is 416 g/mol. The third-order valence-electron chi connectivity index (χ3n) is 6.90. The second-order valence-electron chi connectivity index (χ2n) is 9.88. The lowest BCUT2D eigenvalue weighted by molar-refractivity contribution is -0.690. The predicted molar refractivity (Wildman–Crippen MR) is 145 cm³/mol. The van der Waals surface area contributed by atoms with Crippen LogP contribution in [0.1, 0.15) is 126 Å². The number of rotatable bonds is 20. The molecule has 34 heavy (non-hydrogen) atoms. The molecular formula is C31H49N2O+. The number of Topliss-reactive ketones (excluding diaryl/α,β-unsaturated/α-hetero) is 1. The van der Waals surface area contributed by atoms with E-state index in [0.717, 1.165) is 6.42 Å². The molecule has 0 aliphatic carbocycles. The first-order chi connectivity index (χ1) is 16.7. The molecule has 0 saturated heterocycles. The van der Waals surface area contributed by atoms with E-state index in [-0.39, 0.29) is 5.78 Å². The molecule has 0 bridgehead atoms. The Hall–Kier alpha value is -2.16. The van der Waals surface area contributed by atoms with Crippen LogP contribution in [0.3, 0.4) is 0 Å². The Morgan fingerprint density at radius 2 is 1.18 bits per heavy atom. The molecule has 2 rings (SSSR count). The Kier molecular flexibility index (Phi) is 15.0. The molecule has 0 amide bonds. The summed E-state index contributed by atoms with van der Waals surface area (Å²) in [7, 11) is 0. The summed E-state index contributed by atoms with van der Waals surface area (Å²) in [6.07, 6.45) is 25.2. The number of pyridine rings is 1. The van der Waals surface area contributed by atoms with Gasteiger partial charge in [0.15, 0.2) is 11.9 Å². The Bertz CT molecular complexity index is 802. The van der Waals surface area contributed by atoms with E-state index >= 15 is 0 Å². The third-order valence-corrected chi connectivity index (χ3v) is 6.90. The van der Waals surface area contributed by atoms with Gasteiger partial charge in [-0.15, -0.1) is 0 Å². The minimum Gasteiger partial charge on any atom is -0.398 e. The number of nitrogens with two attached hydrogens (primary N) is 1. The van der Waals surface area contributed by atoms with Gasteiger partial charge < -0.3 is 5.73 Å². The summed E-state index contributed by atoms with van der Waals surface area (Å²) in [6, 6.07) is 13.6. The van der Waals surface area contributed by atoms with Gasteiger partial charge in [-0.25, -0.2) is 0 Å². The molecule has 0 radical (unpaired) electrons. The molecule has 1 aromatic heterocycles. The van der Waals surface area contributed by atoms with Crippen molar-refractivity contribution in [2.45, 2.75) is 123 Å². The number of hydrogen-bond donors (Lipinski definition) is 1. The van der Waals surface area contributed by atoms with Gasteiger partial charge in [0.05, 0.1) is 0 Å². The number of ketones is 1. The summed E-state index contributed by atoms with van der Waals surface area (Å²) in [4.78, 5) is 12.7. The molecule has 3 nitrogen and oxygen atoms in total. The van der Waals surface area contributed by atoms with Crippen molar-refractivity contribution in [2.75, 3.05) is 5.73 Å². The monoisotopic (exact) mass is 465 g/mol. The summed E-state index contributed by atoms with van der Waals surface area (Å²) < 4.78 is 2.08. The number of nitrogen functional groups attached to an aromatic ring is 1. The zero-order valence-corrected chi connectivity index (χ0v) is 21.8. The van der Waals surface area contributed by atoms with Crippen molar-refractivity contribution in [2.24, 2.45) is 0 Å². The van der Waals surface area contributed by atoms with Crippen LogP contribution in [0.5, 0.6) is 0 Å². The average molecular weight is 466 g/mol. The SMILES string of the molecule is CCCCCCCCCCCCCCCCCCc1cccc[n+]1CC(=O)c1ccccc1N. The van der Waals surface area contributed by atoms with E-state index in [1.54, 1.807) is 6.07 Å². The average Bonchev–Trinajstić information content (AvgIpc) is 2.85. The van der Waals surface area contributed by atoms with E-state index in [1.807, 2.05) is 30.5 Å². The van der Waals surface area contributed by atoms with Crippen molar-refractivity contribution in [3.05, 3.63) is 59.9 Å². The number of carbonyl (C=O) groups excluding carboxylic acids is 1. The number of nitrogens with zero attached hydrogens (tertiary/aromatic N) is 1. The fraction of sp³-hybridized carbons (Fsp3) is 0.613. The van der Waals surface area contributed by atoms with Gasteiger partial charge in [0.1, 0.15) is 0 Å². The maximum absolute atomic E-state index is 12.7. The van der Waals surface area contributed by atoms with Crippen LogP contribution < -0.4 is 10.3 Å². The Morgan fingerprint density at radius 1 is 0.676 bits per heavy atom. The number of hydrogen-bond acceptors (Lipinski definition) is 2. The topological polar surface area (TPSA) is 47.0 Å². The molecule has 0 unspecified atom stereocenters. The maximum Gasteiger partial charge on any atom is 0.229 e. The second-order valence-corrected chi connectivity index (χ2v) is 9.88. The maximum atomic E-state index is 12.7. The molecule has 0 atom stereocenters. The number of benzene rings is 1. The number of aromatic nitrogens is 1. The first kappa shape index (κ1) is 28.1. The van der Waals surface area contributed by atoms with Gasteiger partial charge in [-0.1, -0.05) is 121 Å². The highest BCUT2D eigenvalue weighted by atomic mass is 16.1. The molecule has 0 fully saturated rings. The highest BCUT2D eigenvalue weighted by Crippen LogP contribution is 2.15. The van der Waals surface area contributed by atoms with Gasteiger partial charge in [-0.3, -0.25) is 4.79 Å². The van der Waals surface area contributed by atoms with Crippen molar-refractivity contribution in [3.63, 3.8) is 0 Å². The quantitative estimate of drug-likeness (QED) is 0.0926. The van der Waals surface area contributed by atoms with Gasteiger partial charge in [0, 0.05) is 29.8 Å². The van der Waals surface area contributed by atoms with Crippen molar-refractivity contribution in [1.29, 1.82) is 0 Å². The lowest BCUT2D eigenvalue weighted by Crippen LogP contribution is -2.41. The highest BCUT2D eigenvalue weighted by molar-refractivity contribution is 5.99. The molecule has 0 spiro atoms. The molecule has 0 saturated carbocycles. The molecule has 0 aliphatic heterocycles. The zero-order chi connectivity index (χ0) is 24.3. The zero-order valence-electron chi connectivity index (χ0n) is 21.8. The largest absolute Gasteiger partial charge is 0.398 e. The van der Waals surface area contributed by atoms with Crippen LogP contribution in [-0.2, 0) is 13.0 Å². The first-order valence-electron chi connectivity index (χ1n) is 14.1. The molecule has 1 aromatic carbocycles. The Balaban J connectivity index is 1.50. The van der Waals surface area contributed by atoms with E-state index in [2.05, 4.69) is 23.6 Å². The van der Waals surface area contributed by atoms with Crippen LogP contribution in [-0.4, -0.2) is 5.78 Å². The van der Waals surface area contributed by atoms with E-state index in [1.165, 1.54) is 108 Å². The lowest BCUT2D eigenvalue weighted by atomic mass is 10.0. The normalized spacial score (nSPS) is 11.1. The predicted octanol–water partition coefficient (Wildman–Crippen LogP) is 8.24. The molecule has 2 aromatic rings. The third kappa shape index (κ3) is 11.8. The molecule has 0 aliphatic rings. The standard InChI is InChI=1S/C31H48N2O/c1-2-3-4-5-6-7-8-9-10-11-12-13-14-15-16-17-22-28-23-20-21-26-33(28)27-31(34)29-24-18-19-25-30(29)32/h18-21,23-26H,2-17,22,27H2,1H3,(H-,32,34)/p+1. The lowest BCUT2D eigenvalue weighted by Gasteiger charge is -2.06. The Labute approximate surface area is 209 Å². The number of aryl methyl sites for hydroxylation is 1. The van der Waals surface area contributed by atoms with Gasteiger partial charge >= 0.3 is 0 Å². The van der Waals surface area contributed by atoms with Crippen LogP contribution >= 0.6 is 0 Å². The summed E-state index contributed by atoms with van der Waals surface area (Å²) in [6.45, 7) is 2.64. The first-order valence-corrected chi connectivity index (χ1v) is 14.1. The van der Waals surface area contributed by atoms with Crippen molar-refractivity contribution >= 4 is 11.5 Å². The summed E-state index contributed by atoms with van der Waals surface area (Å²) in [5.74, 6) is 0.0718. The molecule has 188 valence electrons. The fourth-order valence-corrected chi connectivity index (χ4v) is 4.74. The number of carbonyl (C=O) groups is 1. The Morgan fingerprint density at radius 3 is 1.74 bits per heavy atom. The number of anilines is 1. The van der Waals surface area contributed by atoms with E-state index in [0.29, 0.717) is 17.8 Å². The van der Waals surface area contributed by atoms with Gasteiger partial charge in [0.25, 0.3) is 0 Å². The van der Waals surface area contributed by atoms with Crippen LogP contribution in [0.2, 0.25) is 0 Å². The van der Waals surface area contributed by atoms with Crippen LogP contribution in [0.15, 0.2) is 48.7 Å². The summed E-state index contributed by atoms with van der Waals surface area (Å²) in [5, 5.41) is 0. The van der Waals surface area contributed by atoms with Crippen LogP contribution in [0.25, 0.3) is 0 Å². The minimum absolute atomic E-state index is 0.0718. The molecule has 1 heterocycles. The molecule has 2 N–H and O–H groups in total. The number of unbranched alkanes of at least 4 members (excludes halogenated alkanes) is 15. The van der Waals surface area contributed by atoms with Crippen LogP contribution in [0.4, 0.5) is 5.69 Å². The van der Waals surface area contributed by atoms with Gasteiger partial charge in [-0.05, 0) is 18.6 Å². The summed E-state index contributed by atoms with van der Waals surface area (Å²) in [5.41, 5.74) is 8.39. The minimum atomic E-state index is 0.0718. The van der Waals surface area contributed by atoms with Gasteiger partial charge in [0.2, 0.25) is 12.3 Å². The van der Waals surface area contributed by atoms with Crippen LogP contribution in [0, 0.1) is 0 Å². The highest BCUT2D eigenvalue weighted by Gasteiger charge is 2.17. The van der Waals surface area contributed by atoms with E-state index in [4.69, 9.17) is 5.73 Å². The number of para-hydroxylation sites is 1. The second kappa shape index (κ2) is 18.2. The smallest absolute Gasteiger partial charge is 0.229 e. The van der Waals surface area contributed by atoms with Crippen molar-refractivity contribution < 1.29 is 9.36 Å². The molecule has 3 heteroatoms. The fourth-order valence-electron chi connectivity index (χ4n) is 4.74. The van der Waals surface area contributed by atoms with E-state index in [9.17, 15) is 4.79 Å². The van der Waals surface area contributed by atoms with Gasteiger partial charge in [-0.2, -0.15) is 4.57 Å². The van der Waals surface area contributed by atoms with Crippen molar-refractivity contribution in [1.82, 2.24) is 0 Å². The van der Waals surface area contributed by atoms with E-state index < -0.39 is 0 Å². The summed E-state index contributed by atoms with van der Waals surface area (Å²) >= 11 is 0. The van der Waals surface area contributed by atoms with Crippen molar-refractivity contribution in [3.8, 4) is 0 Å².